The molecule has 2 aromatic rings. The summed E-state index contributed by atoms with van der Waals surface area (Å²) in [4.78, 5) is 2.39. The van der Waals surface area contributed by atoms with E-state index in [9.17, 15) is 0 Å². The van der Waals surface area contributed by atoms with Crippen LogP contribution >= 0.6 is 0 Å². The van der Waals surface area contributed by atoms with Crippen LogP contribution in [0.2, 0.25) is 0 Å². The average Bonchev–Trinajstić information content (AvgIpc) is 2.55. The highest BCUT2D eigenvalue weighted by molar-refractivity contribution is 5.48. The Morgan fingerprint density at radius 1 is 1.05 bits per heavy atom. The second kappa shape index (κ2) is 6.19. The van der Waals surface area contributed by atoms with E-state index in [1.807, 2.05) is 12.1 Å². The van der Waals surface area contributed by atoms with E-state index in [2.05, 4.69) is 47.4 Å². The van der Waals surface area contributed by atoms with Gasteiger partial charge in [-0.25, -0.2) is 0 Å². The molecule has 1 fully saturated rings. The number of methoxy groups -OCH3 is 1. The summed E-state index contributed by atoms with van der Waals surface area (Å²) in [6.45, 7) is 1.93. The van der Waals surface area contributed by atoms with Gasteiger partial charge in [0.25, 0.3) is 0 Å². The Morgan fingerprint density at radius 3 is 2.62 bits per heavy atom. The van der Waals surface area contributed by atoms with Crippen LogP contribution in [0.1, 0.15) is 17.9 Å². The van der Waals surface area contributed by atoms with Crippen molar-refractivity contribution in [2.45, 2.75) is 18.4 Å². The Morgan fingerprint density at radius 2 is 1.86 bits per heavy atom. The van der Waals surface area contributed by atoms with Crippen molar-refractivity contribution in [2.75, 3.05) is 25.1 Å². The number of rotatable bonds is 3. The first kappa shape index (κ1) is 14.0. The van der Waals surface area contributed by atoms with Crippen LogP contribution in [0.25, 0.3) is 0 Å². The molecule has 1 heterocycles. The Labute approximate surface area is 126 Å². The maximum Gasteiger partial charge on any atom is 0.119 e. The molecule has 1 saturated heterocycles. The third kappa shape index (κ3) is 3.19. The fourth-order valence-corrected chi connectivity index (χ4v) is 3.12. The van der Waals surface area contributed by atoms with Gasteiger partial charge in [-0.1, -0.05) is 30.3 Å². The molecule has 3 nitrogen and oxygen atoms in total. The zero-order valence-corrected chi connectivity index (χ0v) is 12.4. The maximum absolute atomic E-state index is 6.29. The SMILES string of the molecule is COc1cccc(C2CC(N)CN(c3ccccc3)C2)c1. The van der Waals surface area contributed by atoms with Gasteiger partial charge in [0.15, 0.2) is 0 Å². The Balaban J connectivity index is 1.82. The van der Waals surface area contributed by atoms with E-state index in [-0.39, 0.29) is 6.04 Å². The molecule has 2 atom stereocenters. The third-order valence-corrected chi connectivity index (χ3v) is 4.17. The van der Waals surface area contributed by atoms with Crippen LogP contribution in [0.4, 0.5) is 5.69 Å². The summed E-state index contributed by atoms with van der Waals surface area (Å²) >= 11 is 0. The van der Waals surface area contributed by atoms with Crippen LogP contribution < -0.4 is 15.4 Å². The molecule has 110 valence electrons. The maximum atomic E-state index is 6.29. The summed E-state index contributed by atoms with van der Waals surface area (Å²) in [7, 11) is 1.71. The van der Waals surface area contributed by atoms with Crippen LogP contribution in [0.5, 0.6) is 5.75 Å². The molecule has 0 aromatic heterocycles. The number of nitrogens with zero attached hydrogens (tertiary/aromatic N) is 1. The van der Waals surface area contributed by atoms with Crippen molar-refractivity contribution in [1.82, 2.24) is 0 Å². The lowest BCUT2D eigenvalue weighted by molar-refractivity contribution is 0.411. The lowest BCUT2D eigenvalue weighted by atomic mass is 9.88. The van der Waals surface area contributed by atoms with Gasteiger partial charge in [0.1, 0.15) is 5.75 Å². The highest BCUT2D eigenvalue weighted by atomic mass is 16.5. The number of hydrogen-bond acceptors (Lipinski definition) is 3. The largest absolute Gasteiger partial charge is 0.497 e. The fraction of sp³-hybridized carbons (Fsp3) is 0.333. The molecule has 2 unspecified atom stereocenters. The number of hydrogen-bond donors (Lipinski definition) is 1. The Kier molecular flexibility index (Phi) is 4.11. The van der Waals surface area contributed by atoms with E-state index in [0.29, 0.717) is 5.92 Å². The molecule has 2 N–H and O–H groups in total. The zero-order chi connectivity index (χ0) is 14.7. The van der Waals surface area contributed by atoms with E-state index in [1.54, 1.807) is 7.11 Å². The van der Waals surface area contributed by atoms with Crippen LogP contribution in [0.15, 0.2) is 54.6 Å². The minimum atomic E-state index is 0.204. The van der Waals surface area contributed by atoms with E-state index in [0.717, 1.165) is 25.3 Å². The molecular formula is C18H22N2O. The van der Waals surface area contributed by atoms with Crippen molar-refractivity contribution >= 4 is 5.69 Å². The minimum Gasteiger partial charge on any atom is -0.497 e. The molecule has 1 aliphatic rings. The lowest BCUT2D eigenvalue weighted by Gasteiger charge is -2.38. The average molecular weight is 282 g/mol. The summed E-state index contributed by atoms with van der Waals surface area (Å²) < 4.78 is 5.34. The molecule has 0 saturated carbocycles. The second-order valence-electron chi connectivity index (χ2n) is 5.71. The van der Waals surface area contributed by atoms with Gasteiger partial charge in [0, 0.05) is 30.7 Å². The molecule has 2 aromatic carbocycles. The van der Waals surface area contributed by atoms with Gasteiger partial charge in [-0.15, -0.1) is 0 Å². The number of ether oxygens (including phenoxy) is 1. The standard InChI is InChI=1S/C18H22N2O/c1-21-18-9-5-6-14(11-18)15-10-16(19)13-20(12-15)17-7-3-2-4-8-17/h2-9,11,15-16H,10,12-13,19H2,1H3. The van der Waals surface area contributed by atoms with Crippen LogP contribution in [-0.4, -0.2) is 26.2 Å². The van der Waals surface area contributed by atoms with Crippen molar-refractivity contribution in [3.63, 3.8) is 0 Å². The molecule has 1 aliphatic heterocycles. The van der Waals surface area contributed by atoms with E-state index >= 15 is 0 Å². The number of para-hydroxylation sites is 1. The van der Waals surface area contributed by atoms with Gasteiger partial charge in [0.05, 0.1) is 7.11 Å². The number of nitrogens with two attached hydrogens (primary N) is 1. The molecule has 3 rings (SSSR count). The fourth-order valence-electron chi connectivity index (χ4n) is 3.12. The van der Waals surface area contributed by atoms with Crippen molar-refractivity contribution in [3.05, 3.63) is 60.2 Å². The van der Waals surface area contributed by atoms with Gasteiger partial charge in [-0.05, 0) is 36.2 Å². The van der Waals surface area contributed by atoms with Crippen molar-refractivity contribution < 1.29 is 4.74 Å². The van der Waals surface area contributed by atoms with Crippen molar-refractivity contribution in [1.29, 1.82) is 0 Å². The van der Waals surface area contributed by atoms with E-state index in [1.165, 1.54) is 11.3 Å². The van der Waals surface area contributed by atoms with Gasteiger partial charge in [0.2, 0.25) is 0 Å². The first-order chi connectivity index (χ1) is 10.3. The van der Waals surface area contributed by atoms with E-state index < -0.39 is 0 Å². The molecular weight excluding hydrogens is 260 g/mol. The van der Waals surface area contributed by atoms with E-state index in [4.69, 9.17) is 10.5 Å². The van der Waals surface area contributed by atoms with Crippen LogP contribution in [0.3, 0.4) is 0 Å². The predicted octanol–water partition coefficient (Wildman–Crippen LogP) is 3.02. The summed E-state index contributed by atoms with van der Waals surface area (Å²) in [5, 5.41) is 0. The Hall–Kier alpha value is -2.00. The summed E-state index contributed by atoms with van der Waals surface area (Å²) in [6, 6.07) is 19.1. The molecule has 0 aliphatic carbocycles. The molecule has 3 heteroatoms. The van der Waals surface area contributed by atoms with Crippen molar-refractivity contribution in [3.8, 4) is 5.75 Å². The zero-order valence-electron chi connectivity index (χ0n) is 12.4. The molecule has 0 radical (unpaired) electrons. The molecule has 21 heavy (non-hydrogen) atoms. The molecule has 0 amide bonds. The Bertz CT molecular complexity index is 585. The minimum absolute atomic E-state index is 0.204. The van der Waals surface area contributed by atoms with Gasteiger partial charge >= 0.3 is 0 Å². The molecule has 0 spiro atoms. The second-order valence-corrected chi connectivity index (χ2v) is 5.71. The number of piperidine rings is 1. The summed E-state index contributed by atoms with van der Waals surface area (Å²) in [6.07, 6.45) is 1.02. The topological polar surface area (TPSA) is 38.5 Å². The first-order valence-corrected chi connectivity index (χ1v) is 7.46. The number of benzene rings is 2. The smallest absolute Gasteiger partial charge is 0.119 e. The van der Waals surface area contributed by atoms with Crippen LogP contribution in [0, 0.1) is 0 Å². The van der Waals surface area contributed by atoms with Crippen LogP contribution in [-0.2, 0) is 0 Å². The van der Waals surface area contributed by atoms with Crippen molar-refractivity contribution in [2.24, 2.45) is 5.73 Å². The molecule has 0 bridgehead atoms. The lowest BCUT2D eigenvalue weighted by Crippen LogP contribution is -2.46. The predicted molar refractivity (Wildman–Crippen MR) is 87.0 cm³/mol. The summed E-state index contributed by atoms with van der Waals surface area (Å²) in [5.41, 5.74) is 8.85. The number of anilines is 1. The highest BCUT2D eigenvalue weighted by Crippen LogP contribution is 2.31. The summed E-state index contributed by atoms with van der Waals surface area (Å²) in [5.74, 6) is 1.36. The highest BCUT2D eigenvalue weighted by Gasteiger charge is 2.26. The monoisotopic (exact) mass is 282 g/mol. The van der Waals surface area contributed by atoms with Gasteiger partial charge in [-0.2, -0.15) is 0 Å². The van der Waals surface area contributed by atoms with Gasteiger partial charge < -0.3 is 15.4 Å². The third-order valence-electron chi connectivity index (χ3n) is 4.17. The van der Waals surface area contributed by atoms with Gasteiger partial charge in [-0.3, -0.25) is 0 Å². The normalized spacial score (nSPS) is 22.1. The first-order valence-electron chi connectivity index (χ1n) is 7.46. The quantitative estimate of drug-likeness (QED) is 0.940.